The first-order valence-corrected chi connectivity index (χ1v) is 4.70. The molecule has 0 amide bonds. The lowest BCUT2D eigenvalue weighted by Crippen LogP contribution is -2.20. The van der Waals surface area contributed by atoms with E-state index in [9.17, 15) is 9.50 Å². The SMILES string of the molecule is NCC(O)c1ccc(F)c2c1OCCO2. The van der Waals surface area contributed by atoms with E-state index < -0.39 is 11.9 Å². The molecule has 3 N–H and O–H groups in total. The van der Waals surface area contributed by atoms with E-state index in [1.807, 2.05) is 0 Å². The van der Waals surface area contributed by atoms with E-state index in [0.29, 0.717) is 18.8 Å². The van der Waals surface area contributed by atoms with E-state index in [2.05, 4.69) is 0 Å². The molecule has 1 aliphatic heterocycles. The number of rotatable bonds is 2. The van der Waals surface area contributed by atoms with Crippen molar-refractivity contribution in [2.45, 2.75) is 6.10 Å². The summed E-state index contributed by atoms with van der Waals surface area (Å²) in [5.74, 6) is -0.164. The number of aliphatic hydroxyl groups is 1. The molecular formula is C10H12FNO3. The van der Waals surface area contributed by atoms with E-state index in [-0.39, 0.29) is 18.0 Å². The second-order valence-corrected chi connectivity index (χ2v) is 3.24. The number of halogens is 1. The predicted octanol–water partition coefficient (Wildman–Crippen LogP) is 0.589. The molecule has 1 atom stereocenters. The number of hydrogen-bond acceptors (Lipinski definition) is 4. The third-order valence-electron chi connectivity index (χ3n) is 2.25. The van der Waals surface area contributed by atoms with E-state index in [4.69, 9.17) is 15.2 Å². The van der Waals surface area contributed by atoms with Gasteiger partial charge in [-0.1, -0.05) is 0 Å². The fraction of sp³-hybridized carbons (Fsp3) is 0.400. The molecule has 0 aliphatic carbocycles. The fourth-order valence-electron chi connectivity index (χ4n) is 1.51. The Bertz CT molecular complexity index is 370. The molecule has 0 aromatic heterocycles. The lowest BCUT2D eigenvalue weighted by atomic mass is 10.1. The summed E-state index contributed by atoms with van der Waals surface area (Å²) >= 11 is 0. The number of fused-ring (bicyclic) bond motifs is 1. The van der Waals surface area contributed by atoms with E-state index in [0.717, 1.165) is 0 Å². The largest absolute Gasteiger partial charge is 0.486 e. The molecule has 0 spiro atoms. The zero-order valence-electron chi connectivity index (χ0n) is 8.07. The Kier molecular flexibility index (Phi) is 2.75. The molecule has 4 nitrogen and oxygen atoms in total. The molecule has 1 aliphatic rings. The minimum atomic E-state index is -0.860. The van der Waals surface area contributed by atoms with Gasteiger partial charge in [-0.05, 0) is 12.1 Å². The molecule has 1 aromatic rings. The Morgan fingerprint density at radius 1 is 1.33 bits per heavy atom. The summed E-state index contributed by atoms with van der Waals surface area (Å²) in [4.78, 5) is 0. The highest BCUT2D eigenvalue weighted by Crippen LogP contribution is 2.38. The van der Waals surface area contributed by atoms with Gasteiger partial charge in [-0.25, -0.2) is 4.39 Å². The van der Waals surface area contributed by atoms with Crippen LogP contribution < -0.4 is 15.2 Å². The Morgan fingerprint density at radius 2 is 2.00 bits per heavy atom. The Labute approximate surface area is 86.4 Å². The van der Waals surface area contributed by atoms with Gasteiger partial charge in [-0.3, -0.25) is 0 Å². The minimum Gasteiger partial charge on any atom is -0.486 e. The number of hydrogen-bond donors (Lipinski definition) is 2. The summed E-state index contributed by atoms with van der Waals surface area (Å²) in [6.07, 6.45) is -0.860. The van der Waals surface area contributed by atoms with Crippen molar-refractivity contribution in [1.82, 2.24) is 0 Å². The molecule has 2 rings (SSSR count). The van der Waals surface area contributed by atoms with Crippen molar-refractivity contribution in [3.63, 3.8) is 0 Å². The molecule has 0 saturated heterocycles. The Balaban J connectivity index is 2.48. The molecule has 0 saturated carbocycles. The number of benzene rings is 1. The van der Waals surface area contributed by atoms with Crippen LogP contribution in [0.5, 0.6) is 11.5 Å². The number of nitrogens with two attached hydrogens (primary N) is 1. The highest BCUT2D eigenvalue weighted by molar-refractivity contribution is 5.49. The molecule has 0 fully saturated rings. The molecule has 0 bridgehead atoms. The van der Waals surface area contributed by atoms with Crippen LogP contribution in [-0.4, -0.2) is 24.9 Å². The van der Waals surface area contributed by atoms with Crippen molar-refractivity contribution >= 4 is 0 Å². The Hall–Kier alpha value is -1.33. The van der Waals surface area contributed by atoms with Gasteiger partial charge >= 0.3 is 0 Å². The lowest BCUT2D eigenvalue weighted by Gasteiger charge is -2.23. The molecule has 1 unspecified atom stereocenters. The maximum atomic E-state index is 13.3. The first kappa shape index (κ1) is 10.2. The molecule has 1 aromatic carbocycles. The standard InChI is InChI=1S/C10H12FNO3/c11-7-2-1-6(8(13)5-12)9-10(7)15-4-3-14-9/h1-2,8,13H,3-5,12H2. The van der Waals surface area contributed by atoms with Crippen LogP contribution in [0, 0.1) is 5.82 Å². The zero-order valence-corrected chi connectivity index (χ0v) is 8.07. The maximum absolute atomic E-state index is 13.3. The van der Waals surface area contributed by atoms with Crippen molar-refractivity contribution in [1.29, 1.82) is 0 Å². The van der Waals surface area contributed by atoms with Crippen LogP contribution in [0.1, 0.15) is 11.7 Å². The van der Waals surface area contributed by atoms with Crippen molar-refractivity contribution in [2.75, 3.05) is 19.8 Å². The summed E-state index contributed by atoms with van der Waals surface area (Å²) in [5, 5.41) is 9.59. The third kappa shape index (κ3) is 1.75. The van der Waals surface area contributed by atoms with Crippen LogP contribution in [0.3, 0.4) is 0 Å². The van der Waals surface area contributed by atoms with Crippen molar-refractivity contribution in [2.24, 2.45) is 5.73 Å². The van der Waals surface area contributed by atoms with Gasteiger partial charge in [0.25, 0.3) is 0 Å². The van der Waals surface area contributed by atoms with E-state index >= 15 is 0 Å². The number of aliphatic hydroxyl groups excluding tert-OH is 1. The molecular weight excluding hydrogens is 201 g/mol. The summed E-state index contributed by atoms with van der Waals surface area (Å²) in [6.45, 7) is 0.717. The molecule has 15 heavy (non-hydrogen) atoms. The highest BCUT2D eigenvalue weighted by atomic mass is 19.1. The summed E-state index contributed by atoms with van der Waals surface area (Å²) in [5.41, 5.74) is 5.80. The minimum absolute atomic E-state index is 0.0570. The van der Waals surface area contributed by atoms with Crippen molar-refractivity contribution < 1.29 is 19.0 Å². The molecule has 0 radical (unpaired) electrons. The average molecular weight is 213 g/mol. The quantitative estimate of drug-likeness (QED) is 0.754. The Morgan fingerprint density at radius 3 is 2.67 bits per heavy atom. The topological polar surface area (TPSA) is 64.7 Å². The van der Waals surface area contributed by atoms with Crippen LogP contribution >= 0.6 is 0 Å². The van der Waals surface area contributed by atoms with Gasteiger partial charge in [0.2, 0.25) is 0 Å². The van der Waals surface area contributed by atoms with Crippen LogP contribution in [0.25, 0.3) is 0 Å². The molecule has 5 heteroatoms. The predicted molar refractivity (Wildman–Crippen MR) is 51.4 cm³/mol. The molecule has 1 heterocycles. The average Bonchev–Trinajstić information content (AvgIpc) is 2.29. The van der Waals surface area contributed by atoms with Gasteiger partial charge in [0.1, 0.15) is 13.2 Å². The van der Waals surface area contributed by atoms with Gasteiger partial charge < -0.3 is 20.3 Å². The van der Waals surface area contributed by atoms with Crippen molar-refractivity contribution in [3.8, 4) is 11.5 Å². The smallest absolute Gasteiger partial charge is 0.197 e. The van der Waals surface area contributed by atoms with Gasteiger partial charge in [-0.15, -0.1) is 0 Å². The maximum Gasteiger partial charge on any atom is 0.197 e. The normalized spacial score (nSPS) is 16.2. The van der Waals surface area contributed by atoms with Crippen LogP contribution in [0.15, 0.2) is 12.1 Å². The summed E-state index contributed by atoms with van der Waals surface area (Å²) in [7, 11) is 0. The summed E-state index contributed by atoms with van der Waals surface area (Å²) in [6, 6.07) is 2.70. The second kappa shape index (κ2) is 4.04. The highest BCUT2D eigenvalue weighted by Gasteiger charge is 2.23. The van der Waals surface area contributed by atoms with Gasteiger partial charge in [0.15, 0.2) is 17.3 Å². The molecule has 82 valence electrons. The van der Waals surface area contributed by atoms with E-state index in [1.165, 1.54) is 12.1 Å². The van der Waals surface area contributed by atoms with Crippen LogP contribution in [0.4, 0.5) is 4.39 Å². The van der Waals surface area contributed by atoms with Crippen LogP contribution in [0.2, 0.25) is 0 Å². The van der Waals surface area contributed by atoms with Gasteiger partial charge in [-0.2, -0.15) is 0 Å². The monoisotopic (exact) mass is 213 g/mol. The van der Waals surface area contributed by atoms with E-state index in [1.54, 1.807) is 0 Å². The van der Waals surface area contributed by atoms with Crippen molar-refractivity contribution in [3.05, 3.63) is 23.5 Å². The third-order valence-corrected chi connectivity index (χ3v) is 2.25. The first-order valence-electron chi connectivity index (χ1n) is 4.70. The first-order chi connectivity index (χ1) is 7.24. The summed E-state index contributed by atoms with van der Waals surface area (Å²) < 4.78 is 23.7. The fourth-order valence-corrected chi connectivity index (χ4v) is 1.51. The van der Waals surface area contributed by atoms with Gasteiger partial charge in [0, 0.05) is 12.1 Å². The van der Waals surface area contributed by atoms with Gasteiger partial charge in [0.05, 0.1) is 6.10 Å². The zero-order chi connectivity index (χ0) is 10.8. The number of ether oxygens (including phenoxy) is 2. The van der Waals surface area contributed by atoms with Crippen LogP contribution in [-0.2, 0) is 0 Å². The lowest BCUT2D eigenvalue weighted by molar-refractivity contribution is 0.144. The second-order valence-electron chi connectivity index (χ2n) is 3.24.